The Bertz CT molecular complexity index is 1230. The molecule has 0 radical (unpaired) electrons. The van der Waals surface area contributed by atoms with Gasteiger partial charge in [-0.15, -0.1) is 11.3 Å². The highest BCUT2D eigenvalue weighted by Crippen LogP contribution is 2.39. The van der Waals surface area contributed by atoms with Crippen molar-refractivity contribution in [3.63, 3.8) is 0 Å². The van der Waals surface area contributed by atoms with Gasteiger partial charge in [-0.2, -0.15) is 0 Å². The van der Waals surface area contributed by atoms with Gasteiger partial charge in [0.15, 0.2) is 11.5 Å². The Labute approximate surface area is 190 Å². The van der Waals surface area contributed by atoms with Gasteiger partial charge in [0.2, 0.25) is 6.79 Å². The van der Waals surface area contributed by atoms with Crippen LogP contribution in [0, 0.1) is 13.8 Å². The van der Waals surface area contributed by atoms with Crippen LogP contribution in [0.2, 0.25) is 0 Å². The number of carbonyl (C=O) groups is 2. The Morgan fingerprint density at radius 2 is 1.69 bits per heavy atom. The molecule has 2 aliphatic rings. The number of thiophene rings is 1. The van der Waals surface area contributed by atoms with Crippen LogP contribution >= 0.6 is 11.3 Å². The van der Waals surface area contributed by atoms with Crippen molar-refractivity contribution in [2.45, 2.75) is 39.5 Å². The maximum atomic E-state index is 13.3. The number of carbonyl (C=O) groups excluding carboxylic acids is 2. The number of benzene rings is 2. The standard InChI is InChI=1S/C25H24N2O4S/c1-14-7-9-17(11-15(14)2)26-24(29)22-18-5-3-4-6-21(18)32-25(22)27-23(28)16-8-10-19-20(12-16)31-13-30-19/h7-12H,3-6,13H2,1-2H3,(H,26,29)(H,27,28). The fourth-order valence-corrected chi connectivity index (χ4v) is 5.40. The molecule has 2 amide bonds. The Hall–Kier alpha value is -3.32. The smallest absolute Gasteiger partial charge is 0.258 e. The molecular formula is C25H24N2O4S. The van der Waals surface area contributed by atoms with Crippen LogP contribution in [0.5, 0.6) is 11.5 Å². The van der Waals surface area contributed by atoms with E-state index in [2.05, 4.69) is 10.6 Å². The van der Waals surface area contributed by atoms with E-state index in [0.29, 0.717) is 27.6 Å². The second-order valence-corrected chi connectivity index (χ2v) is 9.30. The van der Waals surface area contributed by atoms with E-state index in [1.165, 1.54) is 21.8 Å². The number of hydrogen-bond donors (Lipinski definition) is 2. The van der Waals surface area contributed by atoms with Crippen molar-refractivity contribution in [1.82, 2.24) is 0 Å². The number of ether oxygens (including phenoxy) is 2. The maximum absolute atomic E-state index is 13.3. The van der Waals surface area contributed by atoms with Gasteiger partial charge in [0.1, 0.15) is 5.00 Å². The summed E-state index contributed by atoms with van der Waals surface area (Å²) in [5, 5.41) is 6.61. The molecule has 0 atom stereocenters. The minimum atomic E-state index is -0.276. The van der Waals surface area contributed by atoms with Crippen molar-refractivity contribution in [2.24, 2.45) is 0 Å². The van der Waals surface area contributed by atoms with Crippen molar-refractivity contribution < 1.29 is 19.1 Å². The van der Waals surface area contributed by atoms with Crippen molar-refractivity contribution >= 4 is 33.8 Å². The molecule has 1 aromatic heterocycles. The highest BCUT2D eigenvalue weighted by molar-refractivity contribution is 7.17. The van der Waals surface area contributed by atoms with E-state index in [1.54, 1.807) is 18.2 Å². The summed E-state index contributed by atoms with van der Waals surface area (Å²) in [6, 6.07) is 11.0. The average Bonchev–Trinajstić information content (AvgIpc) is 3.39. The minimum absolute atomic E-state index is 0.154. The minimum Gasteiger partial charge on any atom is -0.454 e. The summed E-state index contributed by atoms with van der Waals surface area (Å²) in [6.07, 6.45) is 3.93. The van der Waals surface area contributed by atoms with Gasteiger partial charge in [0.25, 0.3) is 11.8 Å². The van der Waals surface area contributed by atoms with E-state index < -0.39 is 0 Å². The number of rotatable bonds is 4. The maximum Gasteiger partial charge on any atom is 0.258 e. The van der Waals surface area contributed by atoms with E-state index in [1.807, 2.05) is 32.0 Å². The highest BCUT2D eigenvalue weighted by atomic mass is 32.1. The summed E-state index contributed by atoms with van der Waals surface area (Å²) in [5.74, 6) is 0.716. The molecule has 2 N–H and O–H groups in total. The molecule has 6 nitrogen and oxygen atoms in total. The molecule has 1 aliphatic heterocycles. The van der Waals surface area contributed by atoms with Gasteiger partial charge in [0, 0.05) is 16.1 Å². The largest absolute Gasteiger partial charge is 0.454 e. The monoisotopic (exact) mass is 448 g/mol. The Kier molecular flexibility index (Phi) is 5.35. The van der Waals surface area contributed by atoms with Crippen LogP contribution in [0.3, 0.4) is 0 Å². The average molecular weight is 449 g/mol. The quantitative estimate of drug-likeness (QED) is 0.554. The third-order valence-corrected chi connectivity index (χ3v) is 7.23. The normalized spacial score (nSPS) is 14.1. The third kappa shape index (κ3) is 3.84. The van der Waals surface area contributed by atoms with E-state index in [-0.39, 0.29) is 18.6 Å². The molecule has 3 aromatic rings. The molecule has 164 valence electrons. The first kappa shape index (κ1) is 20.6. The van der Waals surface area contributed by atoms with Crippen LogP contribution in [0.15, 0.2) is 36.4 Å². The Morgan fingerprint density at radius 3 is 2.53 bits per heavy atom. The second kappa shape index (κ2) is 8.31. The predicted octanol–water partition coefficient (Wildman–Crippen LogP) is 5.48. The number of fused-ring (bicyclic) bond motifs is 2. The SMILES string of the molecule is Cc1ccc(NC(=O)c2c(NC(=O)c3ccc4c(c3)OCO4)sc3c2CCCC3)cc1C. The van der Waals surface area contributed by atoms with Crippen LogP contribution in [0.4, 0.5) is 10.7 Å². The van der Waals surface area contributed by atoms with Gasteiger partial charge < -0.3 is 20.1 Å². The van der Waals surface area contributed by atoms with Crippen molar-refractivity contribution in [1.29, 1.82) is 0 Å². The molecular weight excluding hydrogens is 424 g/mol. The summed E-state index contributed by atoms with van der Waals surface area (Å²) in [4.78, 5) is 27.5. The van der Waals surface area contributed by atoms with Gasteiger partial charge >= 0.3 is 0 Å². The van der Waals surface area contributed by atoms with Crippen LogP contribution in [0.25, 0.3) is 0 Å². The molecule has 0 unspecified atom stereocenters. The molecule has 0 fully saturated rings. The zero-order valence-electron chi connectivity index (χ0n) is 18.0. The molecule has 5 rings (SSSR count). The van der Waals surface area contributed by atoms with Crippen molar-refractivity contribution in [3.05, 3.63) is 69.1 Å². The fourth-order valence-electron chi connectivity index (χ4n) is 4.12. The van der Waals surface area contributed by atoms with Crippen molar-refractivity contribution in [2.75, 3.05) is 17.4 Å². The first-order valence-corrected chi connectivity index (χ1v) is 11.6. The van der Waals surface area contributed by atoms with E-state index in [0.717, 1.165) is 42.5 Å². The molecule has 2 aromatic carbocycles. The topological polar surface area (TPSA) is 76.7 Å². The van der Waals surface area contributed by atoms with Crippen LogP contribution in [-0.2, 0) is 12.8 Å². The van der Waals surface area contributed by atoms with E-state index in [4.69, 9.17) is 9.47 Å². The summed E-state index contributed by atoms with van der Waals surface area (Å²) in [5.41, 5.74) is 5.14. The van der Waals surface area contributed by atoms with Crippen molar-refractivity contribution in [3.8, 4) is 11.5 Å². The molecule has 0 bridgehead atoms. The Balaban J connectivity index is 1.44. The summed E-state index contributed by atoms with van der Waals surface area (Å²) in [7, 11) is 0. The Morgan fingerprint density at radius 1 is 0.875 bits per heavy atom. The summed E-state index contributed by atoms with van der Waals surface area (Å²) in [6.45, 7) is 4.22. The van der Waals surface area contributed by atoms with Gasteiger partial charge in [-0.25, -0.2) is 0 Å². The van der Waals surface area contributed by atoms with E-state index >= 15 is 0 Å². The lowest BCUT2D eigenvalue weighted by molar-refractivity contribution is 0.102. The van der Waals surface area contributed by atoms with Crippen LogP contribution in [-0.4, -0.2) is 18.6 Å². The number of hydrogen-bond acceptors (Lipinski definition) is 5. The molecule has 7 heteroatoms. The zero-order chi connectivity index (χ0) is 22.2. The molecule has 1 aliphatic carbocycles. The lowest BCUT2D eigenvalue weighted by Crippen LogP contribution is -2.18. The van der Waals surface area contributed by atoms with Gasteiger partial charge in [-0.1, -0.05) is 6.07 Å². The summed E-state index contributed by atoms with van der Waals surface area (Å²) >= 11 is 1.51. The lowest BCUT2D eigenvalue weighted by Gasteiger charge is -2.14. The first-order chi connectivity index (χ1) is 15.5. The molecule has 0 saturated heterocycles. The number of nitrogens with one attached hydrogen (secondary N) is 2. The molecule has 0 saturated carbocycles. The van der Waals surface area contributed by atoms with E-state index in [9.17, 15) is 9.59 Å². The highest BCUT2D eigenvalue weighted by Gasteiger charge is 2.27. The molecule has 0 spiro atoms. The second-order valence-electron chi connectivity index (χ2n) is 8.19. The van der Waals surface area contributed by atoms with Gasteiger partial charge in [0.05, 0.1) is 5.56 Å². The molecule has 32 heavy (non-hydrogen) atoms. The van der Waals surface area contributed by atoms with Crippen LogP contribution in [0.1, 0.15) is 55.1 Å². The summed E-state index contributed by atoms with van der Waals surface area (Å²) < 4.78 is 10.7. The third-order valence-electron chi connectivity index (χ3n) is 6.02. The lowest BCUT2D eigenvalue weighted by atomic mass is 9.95. The van der Waals surface area contributed by atoms with Gasteiger partial charge in [-0.05, 0) is 86.6 Å². The molecule has 2 heterocycles. The van der Waals surface area contributed by atoms with Gasteiger partial charge in [-0.3, -0.25) is 9.59 Å². The fraction of sp³-hybridized carbons (Fsp3) is 0.280. The van der Waals surface area contributed by atoms with Crippen LogP contribution < -0.4 is 20.1 Å². The number of aryl methyl sites for hydroxylation is 3. The number of anilines is 2. The first-order valence-electron chi connectivity index (χ1n) is 10.7. The predicted molar refractivity (Wildman–Crippen MR) is 125 cm³/mol. The zero-order valence-corrected chi connectivity index (χ0v) is 18.9. The number of amides is 2.